The Morgan fingerprint density at radius 3 is 2.67 bits per heavy atom. The Labute approximate surface area is 159 Å². The largest absolute Gasteiger partial charge is 0.356 e. The fraction of sp³-hybridized carbons (Fsp3) is 0.455. The number of aromatic nitrogens is 3. The van der Waals surface area contributed by atoms with Crippen LogP contribution in [0.25, 0.3) is 16.9 Å². The van der Waals surface area contributed by atoms with E-state index in [2.05, 4.69) is 18.7 Å². The predicted molar refractivity (Wildman–Crippen MR) is 106 cm³/mol. The van der Waals surface area contributed by atoms with E-state index in [0.29, 0.717) is 11.8 Å². The van der Waals surface area contributed by atoms with Crippen molar-refractivity contribution in [1.29, 1.82) is 0 Å². The Kier molecular flexibility index (Phi) is 3.92. The molecule has 140 valence electrons. The van der Waals surface area contributed by atoms with Crippen molar-refractivity contribution in [1.82, 2.24) is 14.6 Å². The van der Waals surface area contributed by atoms with Gasteiger partial charge in [0.25, 0.3) is 0 Å². The first-order chi connectivity index (χ1) is 13.1. The van der Waals surface area contributed by atoms with Gasteiger partial charge in [-0.2, -0.15) is 9.61 Å². The van der Waals surface area contributed by atoms with E-state index in [1.165, 1.54) is 29.6 Å². The molecule has 3 aromatic rings. The number of nitrogens with zero attached hydrogens (tertiary/aromatic N) is 4. The van der Waals surface area contributed by atoms with E-state index >= 15 is 0 Å². The molecule has 2 aromatic heterocycles. The highest BCUT2D eigenvalue weighted by molar-refractivity contribution is 5.67. The highest BCUT2D eigenvalue weighted by Gasteiger charge is 2.29. The fourth-order valence-corrected chi connectivity index (χ4v) is 4.91. The predicted octanol–water partition coefficient (Wildman–Crippen LogP) is 4.51. The average Bonchev–Trinajstić information content (AvgIpc) is 3.24. The lowest BCUT2D eigenvalue weighted by Gasteiger charge is -2.37. The number of fused-ring (bicyclic) bond motifs is 2. The van der Waals surface area contributed by atoms with Gasteiger partial charge in [-0.15, -0.1) is 0 Å². The van der Waals surface area contributed by atoms with Crippen LogP contribution in [-0.2, 0) is 12.8 Å². The van der Waals surface area contributed by atoms with Gasteiger partial charge in [0, 0.05) is 36.0 Å². The highest BCUT2D eigenvalue weighted by Crippen LogP contribution is 2.35. The van der Waals surface area contributed by atoms with Crippen molar-refractivity contribution >= 4 is 11.5 Å². The van der Waals surface area contributed by atoms with Gasteiger partial charge in [-0.1, -0.05) is 26.0 Å². The van der Waals surface area contributed by atoms with Gasteiger partial charge in [0.1, 0.15) is 11.6 Å². The summed E-state index contributed by atoms with van der Waals surface area (Å²) in [7, 11) is 0. The molecule has 2 aliphatic rings. The highest BCUT2D eigenvalue weighted by atomic mass is 19.1. The third kappa shape index (κ3) is 2.89. The third-order valence-corrected chi connectivity index (χ3v) is 5.89. The van der Waals surface area contributed by atoms with E-state index in [9.17, 15) is 4.39 Å². The summed E-state index contributed by atoms with van der Waals surface area (Å²) >= 11 is 0. The Hall–Kier alpha value is -2.43. The fourth-order valence-electron chi connectivity index (χ4n) is 4.91. The van der Waals surface area contributed by atoms with E-state index < -0.39 is 0 Å². The summed E-state index contributed by atoms with van der Waals surface area (Å²) in [5, 5.41) is 4.87. The van der Waals surface area contributed by atoms with Crippen LogP contribution in [0.15, 0.2) is 30.3 Å². The van der Waals surface area contributed by atoms with Crippen LogP contribution in [0, 0.1) is 17.7 Å². The molecule has 0 saturated carbocycles. The molecule has 5 rings (SSSR count). The van der Waals surface area contributed by atoms with E-state index in [0.717, 1.165) is 49.3 Å². The van der Waals surface area contributed by atoms with Gasteiger partial charge in [-0.3, -0.25) is 0 Å². The molecule has 1 aliphatic carbocycles. The molecule has 0 radical (unpaired) electrons. The van der Waals surface area contributed by atoms with E-state index in [-0.39, 0.29) is 5.82 Å². The lowest BCUT2D eigenvalue weighted by molar-refractivity contribution is 0.353. The molecular formula is C22H25FN4. The third-order valence-electron chi connectivity index (χ3n) is 5.89. The first kappa shape index (κ1) is 16.7. The molecule has 1 aliphatic heterocycles. The zero-order chi connectivity index (χ0) is 18.5. The van der Waals surface area contributed by atoms with Crippen LogP contribution in [0.1, 0.15) is 37.9 Å². The van der Waals surface area contributed by atoms with Gasteiger partial charge >= 0.3 is 0 Å². The quantitative estimate of drug-likeness (QED) is 0.671. The summed E-state index contributed by atoms with van der Waals surface area (Å²) in [4.78, 5) is 7.41. The maximum Gasteiger partial charge on any atom is 0.158 e. The smallest absolute Gasteiger partial charge is 0.158 e. The standard InChI is InChI=1S/C22H25FN4/c1-14-9-15(2)13-26(12-14)22-18-7-4-8-19(18)24-21-11-20(25-27(21)22)16-5-3-6-17(23)10-16/h3,5-6,10-11,14-15H,4,7-9,12-13H2,1-2H3/t14-,15-/m0/s1. The lowest BCUT2D eigenvalue weighted by Crippen LogP contribution is -2.40. The second-order valence-corrected chi connectivity index (χ2v) is 8.38. The molecule has 27 heavy (non-hydrogen) atoms. The maximum absolute atomic E-state index is 13.7. The molecule has 1 saturated heterocycles. The average molecular weight is 364 g/mol. The molecule has 0 bridgehead atoms. The van der Waals surface area contributed by atoms with Crippen molar-refractivity contribution in [2.75, 3.05) is 18.0 Å². The van der Waals surface area contributed by atoms with Gasteiger partial charge in [0.05, 0.1) is 5.69 Å². The molecular weight excluding hydrogens is 339 g/mol. The van der Waals surface area contributed by atoms with E-state index in [1.54, 1.807) is 12.1 Å². The first-order valence-electron chi connectivity index (χ1n) is 10.0. The molecule has 0 spiro atoms. The summed E-state index contributed by atoms with van der Waals surface area (Å²) in [6.07, 6.45) is 4.55. The number of hydrogen-bond donors (Lipinski definition) is 0. The van der Waals surface area contributed by atoms with Crippen LogP contribution in [0.5, 0.6) is 0 Å². The van der Waals surface area contributed by atoms with Crippen LogP contribution in [0.2, 0.25) is 0 Å². The van der Waals surface area contributed by atoms with Crippen molar-refractivity contribution in [3.8, 4) is 11.3 Å². The number of rotatable bonds is 2. The maximum atomic E-state index is 13.7. The molecule has 0 N–H and O–H groups in total. The van der Waals surface area contributed by atoms with Crippen LogP contribution in [0.3, 0.4) is 0 Å². The van der Waals surface area contributed by atoms with Crippen LogP contribution < -0.4 is 4.90 Å². The lowest BCUT2D eigenvalue weighted by atomic mass is 9.91. The van der Waals surface area contributed by atoms with Gasteiger partial charge in [0.2, 0.25) is 0 Å². The summed E-state index contributed by atoms with van der Waals surface area (Å²) in [5.74, 6) is 2.33. The first-order valence-corrected chi connectivity index (χ1v) is 10.0. The van der Waals surface area contributed by atoms with Crippen LogP contribution in [0.4, 0.5) is 10.2 Å². The van der Waals surface area contributed by atoms with Crippen molar-refractivity contribution in [2.45, 2.75) is 39.5 Å². The molecule has 1 fully saturated rings. The molecule has 3 heterocycles. The molecule has 0 unspecified atom stereocenters. The summed E-state index contributed by atoms with van der Waals surface area (Å²) in [6, 6.07) is 8.64. The van der Waals surface area contributed by atoms with Crippen LogP contribution in [-0.4, -0.2) is 27.7 Å². The second-order valence-electron chi connectivity index (χ2n) is 8.38. The Balaban J connectivity index is 1.68. The monoisotopic (exact) mass is 364 g/mol. The van der Waals surface area contributed by atoms with Crippen LogP contribution >= 0.6 is 0 Å². The summed E-state index contributed by atoms with van der Waals surface area (Å²) in [6.45, 7) is 6.79. The van der Waals surface area contributed by atoms with Crippen molar-refractivity contribution in [3.63, 3.8) is 0 Å². The Morgan fingerprint density at radius 1 is 1.07 bits per heavy atom. The van der Waals surface area contributed by atoms with E-state index in [1.807, 2.05) is 16.6 Å². The number of benzene rings is 1. The molecule has 4 nitrogen and oxygen atoms in total. The molecule has 0 amide bonds. The van der Waals surface area contributed by atoms with Gasteiger partial charge in [-0.25, -0.2) is 9.37 Å². The minimum absolute atomic E-state index is 0.237. The minimum atomic E-state index is -0.237. The van der Waals surface area contributed by atoms with Gasteiger partial charge in [-0.05, 0) is 49.7 Å². The summed E-state index contributed by atoms with van der Waals surface area (Å²) in [5.41, 5.74) is 5.03. The normalized spacial score (nSPS) is 22.4. The van der Waals surface area contributed by atoms with Gasteiger partial charge < -0.3 is 4.90 Å². The number of hydrogen-bond acceptors (Lipinski definition) is 3. The second kappa shape index (κ2) is 6.32. The molecule has 1 aromatic carbocycles. The number of halogens is 1. The molecule has 2 atom stereocenters. The molecule has 5 heteroatoms. The van der Waals surface area contributed by atoms with Crippen molar-refractivity contribution in [3.05, 3.63) is 47.4 Å². The van der Waals surface area contributed by atoms with Crippen molar-refractivity contribution in [2.24, 2.45) is 11.8 Å². The number of aryl methyl sites for hydroxylation is 1. The number of piperidine rings is 1. The van der Waals surface area contributed by atoms with E-state index in [4.69, 9.17) is 10.1 Å². The Morgan fingerprint density at radius 2 is 1.89 bits per heavy atom. The zero-order valence-corrected chi connectivity index (χ0v) is 16.0. The van der Waals surface area contributed by atoms with Gasteiger partial charge in [0.15, 0.2) is 5.65 Å². The minimum Gasteiger partial charge on any atom is -0.356 e. The number of anilines is 1. The topological polar surface area (TPSA) is 33.4 Å². The summed E-state index contributed by atoms with van der Waals surface area (Å²) < 4.78 is 15.7. The SMILES string of the molecule is C[C@H]1C[C@H](C)CN(c2c3c(nc4cc(-c5cccc(F)c5)nn24)CCC3)C1. The zero-order valence-electron chi connectivity index (χ0n) is 16.0. The Bertz CT molecular complexity index is 999. The van der Waals surface area contributed by atoms with Crippen molar-refractivity contribution < 1.29 is 4.39 Å².